The number of aromatic nitrogens is 4. The minimum atomic E-state index is 0.228. The molecule has 0 spiro atoms. The second-order valence-corrected chi connectivity index (χ2v) is 4.41. The van der Waals surface area contributed by atoms with E-state index in [-0.39, 0.29) is 6.04 Å². The molecule has 5 nitrogen and oxygen atoms in total. The lowest BCUT2D eigenvalue weighted by molar-refractivity contribution is 0.550. The van der Waals surface area contributed by atoms with Gasteiger partial charge in [0, 0.05) is 32.4 Å². The highest BCUT2D eigenvalue weighted by atomic mass is 15.3. The Morgan fingerprint density at radius 1 is 1.41 bits per heavy atom. The molecule has 2 rings (SSSR count). The smallest absolute Gasteiger partial charge is 0.0947 e. The molecule has 0 radical (unpaired) electrons. The Balaban J connectivity index is 2.18. The minimum Gasteiger partial charge on any atom is -0.340 e. The molecular weight excluding hydrogens is 214 g/mol. The lowest BCUT2D eigenvalue weighted by Crippen LogP contribution is -2.20. The van der Waals surface area contributed by atoms with Crippen LogP contribution < -0.4 is 5.32 Å². The van der Waals surface area contributed by atoms with Crippen molar-refractivity contribution in [1.82, 2.24) is 24.6 Å². The summed E-state index contributed by atoms with van der Waals surface area (Å²) < 4.78 is 3.90. The number of hydrogen-bond acceptors (Lipinski definition) is 3. The van der Waals surface area contributed by atoms with Gasteiger partial charge < -0.3 is 9.88 Å². The number of rotatable bonds is 4. The third kappa shape index (κ3) is 2.55. The fourth-order valence-electron chi connectivity index (χ4n) is 2.03. The van der Waals surface area contributed by atoms with Gasteiger partial charge in [-0.1, -0.05) is 0 Å². The van der Waals surface area contributed by atoms with E-state index in [2.05, 4.69) is 21.5 Å². The summed E-state index contributed by atoms with van der Waals surface area (Å²) in [5.74, 6) is 0. The zero-order chi connectivity index (χ0) is 12.4. The predicted molar refractivity (Wildman–Crippen MR) is 66.7 cm³/mol. The highest BCUT2D eigenvalue weighted by Gasteiger charge is 2.15. The maximum Gasteiger partial charge on any atom is 0.0947 e. The van der Waals surface area contributed by atoms with Crippen LogP contribution in [0, 0.1) is 6.92 Å². The van der Waals surface area contributed by atoms with Crippen LogP contribution in [0.4, 0.5) is 0 Å². The Kier molecular flexibility index (Phi) is 3.28. The quantitative estimate of drug-likeness (QED) is 0.856. The van der Waals surface area contributed by atoms with Crippen LogP contribution in [0.2, 0.25) is 0 Å². The first-order chi connectivity index (χ1) is 8.10. The molecule has 1 N–H and O–H groups in total. The molecule has 0 aliphatic heterocycles. The summed E-state index contributed by atoms with van der Waals surface area (Å²) >= 11 is 0. The van der Waals surface area contributed by atoms with Crippen molar-refractivity contribution in [2.24, 2.45) is 14.1 Å². The molecule has 1 unspecified atom stereocenters. The monoisotopic (exact) mass is 233 g/mol. The van der Waals surface area contributed by atoms with Crippen LogP contribution in [0.1, 0.15) is 23.1 Å². The van der Waals surface area contributed by atoms with Crippen LogP contribution in [0.5, 0.6) is 0 Å². The molecule has 0 saturated carbocycles. The molecule has 0 aliphatic rings. The van der Waals surface area contributed by atoms with Gasteiger partial charge >= 0.3 is 0 Å². The second kappa shape index (κ2) is 4.71. The molecule has 5 heteroatoms. The Labute approximate surface area is 101 Å². The molecule has 2 aromatic heterocycles. The summed E-state index contributed by atoms with van der Waals surface area (Å²) in [6, 6.07) is 2.35. The van der Waals surface area contributed by atoms with Crippen LogP contribution in [-0.2, 0) is 20.5 Å². The van der Waals surface area contributed by atoms with E-state index in [4.69, 9.17) is 0 Å². The molecule has 0 aliphatic carbocycles. The number of nitrogens with zero attached hydrogens (tertiary/aromatic N) is 4. The van der Waals surface area contributed by atoms with Crippen molar-refractivity contribution >= 4 is 0 Å². The van der Waals surface area contributed by atoms with Gasteiger partial charge in [0.1, 0.15) is 0 Å². The fraction of sp³-hybridized carbons (Fsp3) is 0.500. The van der Waals surface area contributed by atoms with Crippen molar-refractivity contribution < 1.29 is 0 Å². The van der Waals surface area contributed by atoms with Crippen molar-refractivity contribution in [3.63, 3.8) is 0 Å². The molecule has 0 bridgehead atoms. The molecule has 2 aromatic rings. The van der Waals surface area contributed by atoms with Crippen molar-refractivity contribution in [3.05, 3.63) is 35.7 Å². The van der Waals surface area contributed by atoms with Crippen molar-refractivity contribution in [3.8, 4) is 0 Å². The van der Waals surface area contributed by atoms with Gasteiger partial charge in [-0.25, -0.2) is 4.98 Å². The maximum atomic E-state index is 4.39. The summed E-state index contributed by atoms with van der Waals surface area (Å²) in [4.78, 5) is 4.39. The SMILES string of the molecule is CNC(Cc1cc(C)nn1C)c1cn(C)cn1. The zero-order valence-electron chi connectivity index (χ0n) is 10.8. The number of nitrogens with one attached hydrogen (secondary N) is 1. The van der Waals surface area contributed by atoms with Crippen LogP contribution in [0.25, 0.3) is 0 Å². The fourth-order valence-corrected chi connectivity index (χ4v) is 2.03. The van der Waals surface area contributed by atoms with Crippen LogP contribution in [0.15, 0.2) is 18.6 Å². The Morgan fingerprint density at radius 2 is 2.18 bits per heavy atom. The largest absolute Gasteiger partial charge is 0.340 e. The second-order valence-electron chi connectivity index (χ2n) is 4.41. The van der Waals surface area contributed by atoms with E-state index in [0.717, 1.165) is 17.8 Å². The van der Waals surface area contributed by atoms with Gasteiger partial charge in [-0.15, -0.1) is 0 Å². The number of aryl methyl sites for hydroxylation is 3. The highest BCUT2D eigenvalue weighted by molar-refractivity contribution is 5.14. The van der Waals surface area contributed by atoms with Crippen molar-refractivity contribution in [2.75, 3.05) is 7.05 Å². The van der Waals surface area contributed by atoms with E-state index in [9.17, 15) is 0 Å². The van der Waals surface area contributed by atoms with Crippen LogP contribution in [0.3, 0.4) is 0 Å². The zero-order valence-corrected chi connectivity index (χ0v) is 10.8. The van der Waals surface area contributed by atoms with Crippen LogP contribution >= 0.6 is 0 Å². The first-order valence-electron chi connectivity index (χ1n) is 5.75. The summed E-state index contributed by atoms with van der Waals surface area (Å²) in [6.07, 6.45) is 4.77. The van der Waals surface area contributed by atoms with Crippen molar-refractivity contribution in [2.45, 2.75) is 19.4 Å². The normalized spacial score (nSPS) is 12.9. The molecular formula is C12H19N5. The molecule has 1 atom stereocenters. The first-order valence-corrected chi connectivity index (χ1v) is 5.75. The van der Waals surface area contributed by atoms with E-state index in [1.165, 1.54) is 5.69 Å². The van der Waals surface area contributed by atoms with Gasteiger partial charge in [0.05, 0.1) is 23.8 Å². The first kappa shape index (κ1) is 11.9. The number of likely N-dealkylation sites (N-methyl/N-ethyl adjacent to an activating group) is 1. The van der Waals surface area contributed by atoms with Gasteiger partial charge in [0.15, 0.2) is 0 Å². The third-order valence-electron chi connectivity index (χ3n) is 2.94. The molecule has 92 valence electrons. The average Bonchev–Trinajstić information content (AvgIpc) is 2.82. The van der Waals surface area contributed by atoms with Gasteiger partial charge in [-0.2, -0.15) is 5.10 Å². The molecule has 0 aromatic carbocycles. The third-order valence-corrected chi connectivity index (χ3v) is 2.94. The molecule has 0 saturated heterocycles. The van der Waals surface area contributed by atoms with E-state index < -0.39 is 0 Å². The number of hydrogen-bond donors (Lipinski definition) is 1. The van der Waals surface area contributed by atoms with E-state index in [1.807, 2.05) is 49.8 Å². The summed E-state index contributed by atoms with van der Waals surface area (Å²) in [5.41, 5.74) is 3.33. The van der Waals surface area contributed by atoms with E-state index in [1.54, 1.807) is 0 Å². The average molecular weight is 233 g/mol. The predicted octanol–water partition coefficient (Wildman–Crippen LogP) is 0.965. The lowest BCUT2D eigenvalue weighted by Gasteiger charge is -2.13. The maximum absolute atomic E-state index is 4.39. The van der Waals surface area contributed by atoms with Gasteiger partial charge in [0.25, 0.3) is 0 Å². The summed E-state index contributed by atoms with van der Waals surface area (Å²) in [7, 11) is 5.92. The minimum absolute atomic E-state index is 0.228. The highest BCUT2D eigenvalue weighted by Crippen LogP contribution is 2.16. The molecule has 2 heterocycles. The molecule has 0 amide bonds. The van der Waals surface area contributed by atoms with E-state index in [0.29, 0.717) is 0 Å². The van der Waals surface area contributed by atoms with Gasteiger partial charge in [-0.3, -0.25) is 4.68 Å². The Hall–Kier alpha value is -1.62. The Bertz CT molecular complexity index is 497. The molecule has 17 heavy (non-hydrogen) atoms. The lowest BCUT2D eigenvalue weighted by atomic mass is 10.1. The summed E-state index contributed by atoms with van der Waals surface area (Å²) in [6.45, 7) is 2.01. The van der Waals surface area contributed by atoms with E-state index >= 15 is 0 Å². The summed E-state index contributed by atoms with van der Waals surface area (Å²) in [5, 5.41) is 7.66. The van der Waals surface area contributed by atoms with Crippen molar-refractivity contribution in [1.29, 1.82) is 0 Å². The van der Waals surface area contributed by atoms with Crippen LogP contribution in [-0.4, -0.2) is 26.4 Å². The standard InChI is InChI=1S/C12H19N5/c1-9-5-10(17(4)15-9)6-11(13-2)12-7-16(3)8-14-12/h5,7-8,11,13H,6H2,1-4H3. The van der Waals surface area contributed by atoms with Gasteiger partial charge in [0.2, 0.25) is 0 Å². The molecule has 0 fully saturated rings. The van der Waals surface area contributed by atoms with Gasteiger partial charge in [-0.05, 0) is 20.0 Å². The number of imidazole rings is 1. The topological polar surface area (TPSA) is 47.7 Å². The Morgan fingerprint density at radius 3 is 2.65 bits per heavy atom.